The van der Waals surface area contributed by atoms with Crippen molar-refractivity contribution in [3.05, 3.63) is 54.1 Å². The Morgan fingerprint density at radius 1 is 1.00 bits per heavy atom. The lowest BCUT2D eigenvalue weighted by Crippen LogP contribution is -2.30. The molecule has 0 heterocycles. The van der Waals surface area contributed by atoms with E-state index in [4.69, 9.17) is 5.14 Å². The van der Waals surface area contributed by atoms with Crippen molar-refractivity contribution in [1.82, 2.24) is 4.90 Å². The topological polar surface area (TPSA) is 95.7 Å². The van der Waals surface area contributed by atoms with Crippen LogP contribution in [0.4, 0.5) is 16.2 Å². The van der Waals surface area contributed by atoms with E-state index in [2.05, 4.69) is 36.2 Å². The van der Waals surface area contributed by atoms with E-state index in [1.807, 2.05) is 12.1 Å². The van der Waals surface area contributed by atoms with Crippen LogP contribution in [0.5, 0.6) is 0 Å². The molecule has 0 aromatic heterocycles. The Morgan fingerprint density at radius 2 is 1.56 bits per heavy atom. The van der Waals surface area contributed by atoms with Gasteiger partial charge in [0.2, 0.25) is 10.0 Å². The van der Waals surface area contributed by atoms with Crippen LogP contribution in [-0.4, -0.2) is 39.5 Å². The first-order valence-electron chi connectivity index (χ1n) is 8.73. The summed E-state index contributed by atoms with van der Waals surface area (Å²) in [7, 11) is -2.04. The van der Waals surface area contributed by atoms with Crippen molar-refractivity contribution in [2.75, 3.05) is 30.4 Å². The summed E-state index contributed by atoms with van der Waals surface area (Å²) in [6.07, 6.45) is 0. The van der Waals surface area contributed by atoms with Gasteiger partial charge in [-0.1, -0.05) is 12.1 Å². The Morgan fingerprint density at radius 3 is 2.04 bits per heavy atom. The average Bonchev–Trinajstić information content (AvgIpc) is 2.63. The van der Waals surface area contributed by atoms with Crippen LogP contribution in [0, 0.1) is 0 Å². The van der Waals surface area contributed by atoms with Gasteiger partial charge in [0, 0.05) is 38.1 Å². The minimum absolute atomic E-state index is 0.00199. The third kappa shape index (κ3) is 5.70. The van der Waals surface area contributed by atoms with Crippen LogP contribution in [0.3, 0.4) is 0 Å². The summed E-state index contributed by atoms with van der Waals surface area (Å²) in [5.41, 5.74) is 2.68. The lowest BCUT2D eigenvalue weighted by atomic mass is 10.2. The molecule has 0 aliphatic carbocycles. The van der Waals surface area contributed by atoms with Gasteiger partial charge in [-0.05, 0) is 55.8 Å². The molecule has 0 unspecified atom stereocenters. The van der Waals surface area contributed by atoms with Gasteiger partial charge in [0.25, 0.3) is 0 Å². The highest BCUT2D eigenvalue weighted by Gasteiger charge is 2.11. The van der Waals surface area contributed by atoms with E-state index in [-0.39, 0.29) is 10.9 Å². The first-order valence-corrected chi connectivity index (χ1v) is 10.3. The molecule has 0 spiro atoms. The Bertz CT molecular complexity index is 861. The van der Waals surface area contributed by atoms with Crippen molar-refractivity contribution < 1.29 is 13.2 Å². The van der Waals surface area contributed by atoms with Gasteiger partial charge in [0.15, 0.2) is 0 Å². The van der Waals surface area contributed by atoms with E-state index in [0.29, 0.717) is 12.2 Å². The number of nitrogens with one attached hydrogen (secondary N) is 1. The summed E-state index contributed by atoms with van der Waals surface area (Å²) >= 11 is 0. The van der Waals surface area contributed by atoms with E-state index in [1.54, 1.807) is 11.9 Å². The second kappa shape index (κ2) is 8.88. The van der Waals surface area contributed by atoms with Gasteiger partial charge in [-0.25, -0.2) is 18.4 Å². The zero-order valence-electron chi connectivity index (χ0n) is 15.8. The van der Waals surface area contributed by atoms with Crippen LogP contribution in [0.1, 0.15) is 19.4 Å². The number of hydrogen-bond acceptors (Lipinski definition) is 4. The largest absolute Gasteiger partial charge is 0.372 e. The van der Waals surface area contributed by atoms with Gasteiger partial charge in [0.1, 0.15) is 0 Å². The molecule has 0 aliphatic heterocycles. The highest BCUT2D eigenvalue weighted by Crippen LogP contribution is 2.17. The van der Waals surface area contributed by atoms with Gasteiger partial charge in [-0.3, -0.25) is 0 Å². The average molecular weight is 391 g/mol. The molecule has 7 nitrogen and oxygen atoms in total. The summed E-state index contributed by atoms with van der Waals surface area (Å²) in [4.78, 5) is 16.1. The number of amides is 2. The van der Waals surface area contributed by atoms with E-state index in [0.717, 1.165) is 24.3 Å². The van der Waals surface area contributed by atoms with Gasteiger partial charge in [0.05, 0.1) is 4.90 Å². The molecule has 0 aliphatic rings. The highest BCUT2D eigenvalue weighted by molar-refractivity contribution is 7.89. The van der Waals surface area contributed by atoms with Crippen LogP contribution in [0.25, 0.3) is 0 Å². The lowest BCUT2D eigenvalue weighted by molar-refractivity contribution is 0.220. The standard InChI is InChI=1S/C19H26N4O3S/c1-4-23(5-2)17-10-6-15(7-11-17)14-22(3)19(24)21-16-8-12-18(13-9-16)27(20,25)26/h6-13H,4-5,14H2,1-3H3,(H,21,24)(H2,20,25,26). The second-order valence-corrected chi connectivity index (χ2v) is 7.76. The second-order valence-electron chi connectivity index (χ2n) is 6.19. The van der Waals surface area contributed by atoms with Crippen molar-refractivity contribution >= 4 is 27.4 Å². The smallest absolute Gasteiger partial charge is 0.321 e. The first kappa shape index (κ1) is 20.7. The molecule has 0 atom stereocenters. The van der Waals surface area contributed by atoms with Gasteiger partial charge < -0.3 is 15.1 Å². The Balaban J connectivity index is 1.97. The van der Waals surface area contributed by atoms with Crippen molar-refractivity contribution in [2.45, 2.75) is 25.3 Å². The summed E-state index contributed by atoms with van der Waals surface area (Å²) < 4.78 is 22.5. The molecule has 2 aromatic rings. The molecule has 146 valence electrons. The molecule has 8 heteroatoms. The third-order valence-corrected chi connectivity index (χ3v) is 5.19. The number of primary sulfonamides is 1. The number of hydrogen-bond donors (Lipinski definition) is 2. The number of sulfonamides is 1. The van der Waals surface area contributed by atoms with Crippen LogP contribution in [-0.2, 0) is 16.6 Å². The number of carbonyl (C=O) groups excluding carboxylic acids is 1. The molecule has 0 saturated heterocycles. The zero-order chi connectivity index (χ0) is 20.0. The van der Waals surface area contributed by atoms with E-state index in [9.17, 15) is 13.2 Å². The van der Waals surface area contributed by atoms with Crippen LogP contribution < -0.4 is 15.4 Å². The number of benzene rings is 2. The fourth-order valence-electron chi connectivity index (χ4n) is 2.69. The van der Waals surface area contributed by atoms with Crippen molar-refractivity contribution in [3.63, 3.8) is 0 Å². The third-order valence-electron chi connectivity index (χ3n) is 4.27. The predicted octanol–water partition coefficient (Wildman–Crippen LogP) is 2.84. The van der Waals surface area contributed by atoms with Crippen molar-refractivity contribution in [2.24, 2.45) is 5.14 Å². The normalized spacial score (nSPS) is 11.1. The molecule has 0 fully saturated rings. The Kier molecular flexibility index (Phi) is 6.81. The molecule has 2 amide bonds. The summed E-state index contributed by atoms with van der Waals surface area (Å²) in [6.45, 7) is 6.58. The van der Waals surface area contributed by atoms with E-state index < -0.39 is 10.0 Å². The molecule has 0 saturated carbocycles. The lowest BCUT2D eigenvalue weighted by Gasteiger charge is -2.22. The van der Waals surface area contributed by atoms with Gasteiger partial charge >= 0.3 is 6.03 Å². The molecule has 2 aromatic carbocycles. The number of anilines is 2. The van der Waals surface area contributed by atoms with Gasteiger partial charge in [-0.2, -0.15) is 0 Å². The van der Waals surface area contributed by atoms with Crippen LogP contribution in [0.2, 0.25) is 0 Å². The summed E-state index contributed by atoms with van der Waals surface area (Å²) in [5, 5.41) is 7.79. The number of rotatable bonds is 7. The summed E-state index contributed by atoms with van der Waals surface area (Å²) in [5.74, 6) is 0. The maximum atomic E-state index is 12.3. The van der Waals surface area contributed by atoms with E-state index >= 15 is 0 Å². The fourth-order valence-corrected chi connectivity index (χ4v) is 3.21. The van der Waals surface area contributed by atoms with E-state index in [1.165, 1.54) is 24.3 Å². The number of nitrogens with two attached hydrogens (primary N) is 1. The minimum atomic E-state index is -3.75. The fraction of sp³-hybridized carbons (Fsp3) is 0.316. The maximum absolute atomic E-state index is 12.3. The Hall–Kier alpha value is -2.58. The monoisotopic (exact) mass is 390 g/mol. The molecular formula is C19H26N4O3S. The maximum Gasteiger partial charge on any atom is 0.321 e. The molecule has 0 radical (unpaired) electrons. The molecule has 2 rings (SSSR count). The van der Waals surface area contributed by atoms with Crippen molar-refractivity contribution in [3.8, 4) is 0 Å². The number of carbonyl (C=O) groups is 1. The van der Waals surface area contributed by atoms with Crippen molar-refractivity contribution in [1.29, 1.82) is 0 Å². The SMILES string of the molecule is CCN(CC)c1ccc(CN(C)C(=O)Nc2ccc(S(N)(=O)=O)cc2)cc1. The minimum Gasteiger partial charge on any atom is -0.372 e. The van der Waals surface area contributed by atoms with Crippen LogP contribution in [0.15, 0.2) is 53.4 Å². The molecule has 3 N–H and O–H groups in total. The molecule has 0 bridgehead atoms. The number of urea groups is 1. The summed E-state index contributed by atoms with van der Waals surface area (Å²) in [6, 6.07) is 13.6. The first-order chi connectivity index (χ1) is 12.7. The zero-order valence-corrected chi connectivity index (χ0v) is 16.7. The predicted molar refractivity (Wildman–Crippen MR) is 108 cm³/mol. The highest BCUT2D eigenvalue weighted by atomic mass is 32.2. The molecular weight excluding hydrogens is 364 g/mol. The quantitative estimate of drug-likeness (QED) is 0.760. The number of nitrogens with zero attached hydrogens (tertiary/aromatic N) is 2. The Labute approximate surface area is 160 Å². The van der Waals surface area contributed by atoms with Crippen LogP contribution >= 0.6 is 0 Å². The molecule has 27 heavy (non-hydrogen) atoms. The van der Waals surface area contributed by atoms with Gasteiger partial charge in [-0.15, -0.1) is 0 Å².